The minimum absolute atomic E-state index is 0.0778. The fourth-order valence-corrected chi connectivity index (χ4v) is 3.03. The Kier molecular flexibility index (Phi) is 7.16. The Morgan fingerprint density at radius 3 is 2.68 bits per heavy atom. The molecule has 0 bridgehead atoms. The van der Waals surface area contributed by atoms with E-state index in [1.807, 2.05) is 31.2 Å². The van der Waals surface area contributed by atoms with E-state index in [9.17, 15) is 9.59 Å². The minimum atomic E-state index is -0.639. The Morgan fingerprint density at radius 1 is 1.37 bits per heavy atom. The summed E-state index contributed by atoms with van der Waals surface area (Å²) in [6.07, 6.45) is 0.483. The summed E-state index contributed by atoms with van der Waals surface area (Å²) < 4.78 is 5.89. The molecule has 0 saturated heterocycles. The van der Waals surface area contributed by atoms with Gasteiger partial charge in [0.05, 0.1) is 12.4 Å². The second-order valence-electron chi connectivity index (χ2n) is 3.93. The normalized spacial score (nSPS) is 11.9. The molecule has 0 spiro atoms. The van der Waals surface area contributed by atoms with Gasteiger partial charge in [-0.2, -0.15) is 0 Å². The molecular formula is C14H17BrO3S. The molecule has 0 N–H and O–H groups in total. The lowest BCUT2D eigenvalue weighted by molar-refractivity contribution is -0.151. The fourth-order valence-electron chi connectivity index (χ4n) is 1.58. The van der Waals surface area contributed by atoms with Crippen LogP contribution in [0.1, 0.15) is 20.3 Å². The molecule has 0 aliphatic carbocycles. The second-order valence-corrected chi connectivity index (χ2v) is 5.89. The Bertz CT molecular complexity index is 448. The zero-order valence-electron chi connectivity index (χ0n) is 11.0. The van der Waals surface area contributed by atoms with Crippen molar-refractivity contribution in [1.29, 1.82) is 0 Å². The van der Waals surface area contributed by atoms with Gasteiger partial charge in [-0.15, -0.1) is 11.8 Å². The smallest absolute Gasteiger partial charge is 0.316 e. The number of esters is 1. The van der Waals surface area contributed by atoms with Crippen molar-refractivity contribution in [3.8, 4) is 0 Å². The third-order valence-electron chi connectivity index (χ3n) is 2.55. The average Bonchev–Trinajstić information content (AvgIpc) is 2.37. The average molecular weight is 345 g/mol. The van der Waals surface area contributed by atoms with Crippen LogP contribution in [0.25, 0.3) is 0 Å². The highest BCUT2D eigenvalue weighted by molar-refractivity contribution is 9.10. The first-order valence-corrected chi connectivity index (χ1v) is 7.94. The van der Waals surface area contributed by atoms with Crippen LogP contribution in [-0.2, 0) is 14.3 Å². The highest BCUT2D eigenvalue weighted by atomic mass is 79.9. The fraction of sp³-hybridized carbons (Fsp3) is 0.429. The van der Waals surface area contributed by atoms with Gasteiger partial charge in [0.2, 0.25) is 0 Å². The van der Waals surface area contributed by atoms with Crippen molar-refractivity contribution in [3.05, 3.63) is 28.7 Å². The number of halogens is 1. The number of hydrogen-bond donors (Lipinski definition) is 0. The van der Waals surface area contributed by atoms with Gasteiger partial charge < -0.3 is 4.74 Å². The lowest BCUT2D eigenvalue weighted by atomic mass is 10.0. The number of benzene rings is 1. The maximum atomic E-state index is 12.0. The van der Waals surface area contributed by atoms with Crippen molar-refractivity contribution in [2.75, 3.05) is 12.4 Å². The van der Waals surface area contributed by atoms with Crippen molar-refractivity contribution in [2.24, 2.45) is 5.92 Å². The molecule has 1 atom stereocenters. The van der Waals surface area contributed by atoms with Gasteiger partial charge in [0.15, 0.2) is 5.78 Å². The maximum Gasteiger partial charge on any atom is 0.316 e. The van der Waals surface area contributed by atoms with Gasteiger partial charge in [0, 0.05) is 9.37 Å². The zero-order valence-corrected chi connectivity index (χ0v) is 13.4. The highest BCUT2D eigenvalue weighted by Crippen LogP contribution is 2.23. The van der Waals surface area contributed by atoms with Crippen molar-refractivity contribution >= 4 is 39.4 Å². The molecule has 1 unspecified atom stereocenters. The Hall–Kier alpha value is -0.810. The molecule has 0 radical (unpaired) electrons. The van der Waals surface area contributed by atoms with E-state index in [0.717, 1.165) is 9.37 Å². The number of carbonyl (C=O) groups excluding carboxylic acids is 2. The first kappa shape index (κ1) is 16.2. The number of carbonyl (C=O) groups is 2. The molecular weight excluding hydrogens is 328 g/mol. The van der Waals surface area contributed by atoms with Crippen LogP contribution >= 0.6 is 27.7 Å². The predicted octanol–water partition coefficient (Wildman–Crippen LogP) is 3.70. The third kappa shape index (κ3) is 5.37. The SMILES string of the molecule is CCOC(=O)C(CC)C(=O)CSc1cccc(Br)c1. The Balaban J connectivity index is 2.56. The molecule has 0 amide bonds. The molecule has 0 fully saturated rings. The topological polar surface area (TPSA) is 43.4 Å². The summed E-state index contributed by atoms with van der Waals surface area (Å²) in [5.41, 5.74) is 0. The van der Waals surface area contributed by atoms with Crippen molar-refractivity contribution in [2.45, 2.75) is 25.2 Å². The molecule has 0 heterocycles. The van der Waals surface area contributed by atoms with Gasteiger partial charge in [-0.3, -0.25) is 9.59 Å². The summed E-state index contributed by atoms with van der Waals surface area (Å²) in [6, 6.07) is 7.73. The van der Waals surface area contributed by atoms with E-state index in [-0.39, 0.29) is 11.5 Å². The van der Waals surface area contributed by atoms with Gasteiger partial charge in [0.25, 0.3) is 0 Å². The number of hydrogen-bond acceptors (Lipinski definition) is 4. The Labute approximate surface area is 126 Å². The molecule has 104 valence electrons. The Morgan fingerprint density at radius 2 is 2.11 bits per heavy atom. The van der Waals surface area contributed by atoms with Crippen molar-refractivity contribution in [1.82, 2.24) is 0 Å². The predicted molar refractivity (Wildman–Crippen MR) is 80.3 cm³/mol. The second kappa shape index (κ2) is 8.38. The zero-order chi connectivity index (χ0) is 14.3. The third-order valence-corrected chi connectivity index (χ3v) is 4.05. The van der Waals surface area contributed by atoms with Gasteiger partial charge in [0.1, 0.15) is 5.92 Å². The van der Waals surface area contributed by atoms with E-state index >= 15 is 0 Å². The van der Waals surface area contributed by atoms with E-state index in [2.05, 4.69) is 15.9 Å². The first-order valence-electron chi connectivity index (χ1n) is 6.16. The lowest BCUT2D eigenvalue weighted by Gasteiger charge is -2.12. The molecule has 0 aliphatic rings. The summed E-state index contributed by atoms with van der Waals surface area (Å²) in [6.45, 7) is 3.87. The minimum Gasteiger partial charge on any atom is -0.465 e. The highest BCUT2D eigenvalue weighted by Gasteiger charge is 2.25. The molecule has 3 nitrogen and oxygen atoms in total. The number of thioether (sulfide) groups is 1. The number of rotatable bonds is 7. The van der Waals surface area contributed by atoms with Crippen LogP contribution in [0, 0.1) is 5.92 Å². The van der Waals surface area contributed by atoms with Crippen LogP contribution in [0.4, 0.5) is 0 Å². The summed E-state index contributed by atoms with van der Waals surface area (Å²) >= 11 is 4.82. The molecule has 0 aliphatic heterocycles. The van der Waals surface area contributed by atoms with Crippen molar-refractivity contribution < 1.29 is 14.3 Å². The van der Waals surface area contributed by atoms with Crippen LogP contribution in [0.3, 0.4) is 0 Å². The summed E-state index contributed by atoms with van der Waals surface area (Å²) in [5, 5.41) is 0. The molecule has 0 saturated carbocycles. The van der Waals surface area contributed by atoms with Gasteiger partial charge in [-0.1, -0.05) is 28.9 Å². The first-order chi connectivity index (χ1) is 9.08. The van der Waals surface area contributed by atoms with Crippen LogP contribution in [0.15, 0.2) is 33.6 Å². The number of Topliss-reactive ketones (excluding diaryl/α,β-unsaturated/α-hetero) is 1. The summed E-state index contributed by atoms with van der Waals surface area (Å²) in [7, 11) is 0. The van der Waals surface area contributed by atoms with Crippen LogP contribution in [0.5, 0.6) is 0 Å². The number of ketones is 1. The van der Waals surface area contributed by atoms with E-state index in [0.29, 0.717) is 13.0 Å². The lowest BCUT2D eigenvalue weighted by Crippen LogP contribution is -2.27. The molecule has 5 heteroatoms. The van der Waals surface area contributed by atoms with Crippen LogP contribution in [0.2, 0.25) is 0 Å². The van der Waals surface area contributed by atoms with E-state index in [4.69, 9.17) is 4.74 Å². The largest absolute Gasteiger partial charge is 0.465 e. The molecule has 19 heavy (non-hydrogen) atoms. The van der Waals surface area contributed by atoms with E-state index in [1.54, 1.807) is 6.92 Å². The van der Waals surface area contributed by atoms with Crippen molar-refractivity contribution in [3.63, 3.8) is 0 Å². The molecule has 1 aromatic carbocycles. The van der Waals surface area contributed by atoms with Gasteiger partial charge in [-0.05, 0) is 31.5 Å². The van der Waals surface area contributed by atoms with E-state index in [1.165, 1.54) is 11.8 Å². The van der Waals surface area contributed by atoms with Crippen LogP contribution in [-0.4, -0.2) is 24.1 Å². The maximum absolute atomic E-state index is 12.0. The standard InChI is InChI=1S/C14H17BrO3S/c1-3-12(14(17)18-4-2)13(16)9-19-11-7-5-6-10(15)8-11/h5-8,12H,3-4,9H2,1-2H3. The van der Waals surface area contributed by atoms with Gasteiger partial charge in [-0.25, -0.2) is 0 Å². The molecule has 0 aromatic heterocycles. The molecule has 1 rings (SSSR count). The molecule has 1 aromatic rings. The monoisotopic (exact) mass is 344 g/mol. The quantitative estimate of drug-likeness (QED) is 0.429. The number of ether oxygens (including phenoxy) is 1. The van der Waals surface area contributed by atoms with E-state index < -0.39 is 11.9 Å². The summed E-state index contributed by atoms with van der Waals surface area (Å²) in [4.78, 5) is 24.6. The van der Waals surface area contributed by atoms with Crippen LogP contribution < -0.4 is 0 Å². The summed E-state index contributed by atoms with van der Waals surface area (Å²) in [5.74, 6) is -0.844. The van der Waals surface area contributed by atoms with Gasteiger partial charge >= 0.3 is 5.97 Å².